The molecular weight excluding hydrogens is 378 g/mol. The van der Waals surface area contributed by atoms with Gasteiger partial charge in [-0.25, -0.2) is 13.4 Å². The van der Waals surface area contributed by atoms with Crippen LogP contribution in [0.15, 0.2) is 63.1 Å². The lowest BCUT2D eigenvalue weighted by atomic mass is 9.95. The minimum absolute atomic E-state index is 0.113. The average Bonchev–Trinajstić information content (AvgIpc) is 3.43. The summed E-state index contributed by atoms with van der Waals surface area (Å²) in [4.78, 5) is 16.9. The molecule has 144 valence electrons. The smallest absolute Gasteiger partial charge is 0.270 e. The van der Waals surface area contributed by atoms with Gasteiger partial charge in [-0.15, -0.1) is 0 Å². The van der Waals surface area contributed by atoms with E-state index in [4.69, 9.17) is 4.42 Å². The molecule has 2 aliphatic rings. The van der Waals surface area contributed by atoms with Crippen molar-refractivity contribution in [2.45, 2.75) is 47.4 Å². The maximum atomic E-state index is 12.7. The Morgan fingerprint density at radius 2 is 2.00 bits per heavy atom. The van der Waals surface area contributed by atoms with Gasteiger partial charge in [-0.05, 0) is 37.5 Å². The summed E-state index contributed by atoms with van der Waals surface area (Å²) >= 11 is 0. The van der Waals surface area contributed by atoms with Crippen LogP contribution in [0.5, 0.6) is 0 Å². The van der Waals surface area contributed by atoms with Gasteiger partial charge in [0.1, 0.15) is 5.69 Å². The Bertz CT molecular complexity index is 1160. The summed E-state index contributed by atoms with van der Waals surface area (Å²) in [7, 11) is -3.76. The van der Waals surface area contributed by atoms with Gasteiger partial charge in [0.25, 0.3) is 5.91 Å². The maximum absolute atomic E-state index is 12.7. The molecule has 2 saturated heterocycles. The molecular formula is C20H19N3O4S. The Hall–Kier alpha value is -2.71. The molecule has 2 N–H and O–H groups in total. The zero-order valence-electron chi connectivity index (χ0n) is 15.0. The Morgan fingerprint density at radius 1 is 1.18 bits per heavy atom. The van der Waals surface area contributed by atoms with Crippen molar-refractivity contribution >= 4 is 26.7 Å². The van der Waals surface area contributed by atoms with Crippen LogP contribution in [-0.4, -0.2) is 37.4 Å². The fourth-order valence-corrected chi connectivity index (χ4v) is 5.35. The summed E-state index contributed by atoms with van der Waals surface area (Å²) < 4.78 is 31.0. The molecule has 5 rings (SSSR count). The number of nitrogens with zero attached hydrogens (tertiary/aromatic N) is 1. The van der Waals surface area contributed by atoms with Crippen LogP contribution >= 0.6 is 0 Å². The normalized spacial score (nSPS) is 23.9. The number of aromatic nitrogens is 1. The Kier molecular flexibility index (Phi) is 3.99. The number of furan rings is 1. The molecule has 2 aliphatic heterocycles. The van der Waals surface area contributed by atoms with Crippen molar-refractivity contribution in [3.05, 3.63) is 54.4 Å². The van der Waals surface area contributed by atoms with Crippen LogP contribution < -0.4 is 10.6 Å². The van der Waals surface area contributed by atoms with E-state index in [1.165, 1.54) is 24.4 Å². The summed E-state index contributed by atoms with van der Waals surface area (Å²) in [5.41, 5.74) is 0.576. The van der Waals surface area contributed by atoms with Crippen molar-refractivity contribution in [3.63, 3.8) is 0 Å². The highest BCUT2D eigenvalue weighted by Gasteiger charge is 2.39. The van der Waals surface area contributed by atoms with Gasteiger partial charge in [0.2, 0.25) is 14.9 Å². The Labute approximate surface area is 162 Å². The zero-order chi connectivity index (χ0) is 19.3. The highest BCUT2D eigenvalue weighted by Crippen LogP contribution is 2.29. The lowest BCUT2D eigenvalue weighted by Gasteiger charge is -2.21. The van der Waals surface area contributed by atoms with Gasteiger partial charge in [0, 0.05) is 29.6 Å². The molecule has 0 aliphatic carbocycles. The molecule has 2 bridgehead atoms. The Balaban J connectivity index is 1.42. The molecule has 28 heavy (non-hydrogen) atoms. The van der Waals surface area contributed by atoms with Crippen molar-refractivity contribution in [2.75, 3.05) is 0 Å². The number of fused-ring (bicyclic) bond motifs is 3. The lowest BCUT2D eigenvalue weighted by Crippen LogP contribution is -2.43. The molecule has 8 heteroatoms. The van der Waals surface area contributed by atoms with Crippen LogP contribution in [0, 0.1) is 0 Å². The third-order valence-electron chi connectivity index (χ3n) is 5.55. The van der Waals surface area contributed by atoms with Gasteiger partial charge in [0.15, 0.2) is 5.58 Å². The fraction of sp³-hybridized carbons (Fsp3) is 0.300. The van der Waals surface area contributed by atoms with Crippen LogP contribution in [0.3, 0.4) is 0 Å². The molecule has 0 spiro atoms. The van der Waals surface area contributed by atoms with Gasteiger partial charge in [-0.2, -0.15) is 0 Å². The van der Waals surface area contributed by atoms with Crippen molar-refractivity contribution in [1.82, 2.24) is 15.6 Å². The second kappa shape index (κ2) is 6.42. The summed E-state index contributed by atoms with van der Waals surface area (Å²) in [5, 5.41) is 6.89. The predicted molar refractivity (Wildman–Crippen MR) is 102 cm³/mol. The van der Waals surface area contributed by atoms with E-state index in [1.54, 1.807) is 24.3 Å². The van der Waals surface area contributed by atoms with Gasteiger partial charge in [-0.3, -0.25) is 4.79 Å². The van der Waals surface area contributed by atoms with Crippen LogP contribution in [0.4, 0.5) is 0 Å². The number of hydrogen-bond acceptors (Lipinski definition) is 6. The van der Waals surface area contributed by atoms with Crippen LogP contribution in [0.2, 0.25) is 0 Å². The minimum atomic E-state index is -3.76. The minimum Gasteiger partial charge on any atom is -0.443 e. The molecule has 2 aromatic heterocycles. The molecule has 0 saturated carbocycles. The van der Waals surface area contributed by atoms with Gasteiger partial charge >= 0.3 is 0 Å². The fourth-order valence-electron chi connectivity index (χ4n) is 4.12. The highest BCUT2D eigenvalue weighted by molar-refractivity contribution is 7.91. The number of benzene rings is 1. The van der Waals surface area contributed by atoms with E-state index in [-0.39, 0.29) is 27.6 Å². The predicted octanol–water partition coefficient (Wildman–Crippen LogP) is 2.28. The average molecular weight is 397 g/mol. The number of nitrogens with one attached hydrogen (secondary N) is 2. The van der Waals surface area contributed by atoms with Gasteiger partial charge in [-0.1, -0.05) is 18.2 Å². The third-order valence-corrected chi connectivity index (χ3v) is 7.17. The summed E-state index contributed by atoms with van der Waals surface area (Å²) in [6.45, 7) is 0. The first-order chi connectivity index (χ1) is 13.5. The molecule has 1 amide bonds. The van der Waals surface area contributed by atoms with Crippen LogP contribution in [0.1, 0.15) is 29.8 Å². The van der Waals surface area contributed by atoms with Gasteiger partial charge in [0.05, 0.1) is 11.1 Å². The number of carbonyl (C=O) groups is 1. The van der Waals surface area contributed by atoms with E-state index in [1.807, 2.05) is 0 Å². The first-order valence-electron chi connectivity index (χ1n) is 9.27. The second-order valence-corrected chi connectivity index (χ2v) is 9.23. The number of amides is 1. The zero-order valence-corrected chi connectivity index (χ0v) is 15.8. The number of pyridine rings is 1. The van der Waals surface area contributed by atoms with Crippen molar-refractivity contribution in [3.8, 4) is 0 Å². The van der Waals surface area contributed by atoms with E-state index < -0.39 is 9.84 Å². The SMILES string of the molecule is O=C(N[C@@H]1C[C@H]2CC[C@@H]1N2)c1cc2cc(S(=O)(=O)c3ccccc3)oc2cn1. The first kappa shape index (κ1) is 17.4. The lowest BCUT2D eigenvalue weighted by molar-refractivity contribution is 0.0926. The van der Waals surface area contributed by atoms with E-state index in [0.29, 0.717) is 23.1 Å². The maximum Gasteiger partial charge on any atom is 0.270 e. The number of carbonyl (C=O) groups excluding carboxylic acids is 1. The highest BCUT2D eigenvalue weighted by atomic mass is 32.2. The quantitative estimate of drug-likeness (QED) is 0.700. The van der Waals surface area contributed by atoms with E-state index in [2.05, 4.69) is 15.6 Å². The molecule has 4 heterocycles. The van der Waals surface area contributed by atoms with E-state index in [0.717, 1.165) is 19.3 Å². The standard InChI is InChI=1S/C20H19N3O4S/c24-20(23-16-10-13-6-7-15(16)22-13)17-8-12-9-19(27-18(12)11-21-17)28(25,26)14-4-2-1-3-5-14/h1-5,8-9,11,13,15-16,22H,6-7,10H2,(H,23,24)/t13-,15+,16-/m1/s1. The van der Waals surface area contributed by atoms with Crippen molar-refractivity contribution in [2.24, 2.45) is 0 Å². The monoisotopic (exact) mass is 397 g/mol. The topological polar surface area (TPSA) is 101 Å². The van der Waals surface area contributed by atoms with Crippen LogP contribution in [0.25, 0.3) is 11.0 Å². The molecule has 0 unspecified atom stereocenters. The first-order valence-corrected chi connectivity index (χ1v) is 10.8. The van der Waals surface area contributed by atoms with Crippen molar-refractivity contribution < 1.29 is 17.6 Å². The number of rotatable bonds is 4. The summed E-state index contributed by atoms with van der Waals surface area (Å²) in [6, 6.07) is 12.0. The van der Waals surface area contributed by atoms with Gasteiger partial charge < -0.3 is 15.1 Å². The Morgan fingerprint density at radius 3 is 2.71 bits per heavy atom. The molecule has 1 aromatic carbocycles. The van der Waals surface area contributed by atoms with E-state index >= 15 is 0 Å². The molecule has 7 nitrogen and oxygen atoms in total. The van der Waals surface area contributed by atoms with Crippen LogP contribution in [-0.2, 0) is 9.84 Å². The number of hydrogen-bond donors (Lipinski definition) is 2. The largest absolute Gasteiger partial charge is 0.443 e. The molecule has 3 atom stereocenters. The summed E-state index contributed by atoms with van der Waals surface area (Å²) in [6.07, 6.45) is 4.57. The van der Waals surface area contributed by atoms with E-state index in [9.17, 15) is 13.2 Å². The van der Waals surface area contributed by atoms with Crippen molar-refractivity contribution in [1.29, 1.82) is 0 Å². The molecule has 2 fully saturated rings. The summed E-state index contributed by atoms with van der Waals surface area (Å²) in [5.74, 6) is -0.255. The molecule has 0 radical (unpaired) electrons. The third kappa shape index (κ3) is 2.89. The number of sulfone groups is 1. The second-order valence-electron chi connectivity index (χ2n) is 7.35. The molecule has 3 aromatic rings.